The minimum Gasteiger partial charge on any atom is -0.393 e. The van der Waals surface area contributed by atoms with Crippen LogP contribution in [0.1, 0.15) is 32.1 Å². The summed E-state index contributed by atoms with van der Waals surface area (Å²) >= 11 is 0. The number of hydrogen-bond donors (Lipinski definition) is 1. The summed E-state index contributed by atoms with van der Waals surface area (Å²) in [6, 6.07) is 0. The zero-order valence-electron chi connectivity index (χ0n) is 4.97. The lowest BCUT2D eigenvalue weighted by Gasteiger charge is -2.14. The summed E-state index contributed by atoms with van der Waals surface area (Å²) in [5.74, 6) is 0. The van der Waals surface area contributed by atoms with Gasteiger partial charge in [-0.25, -0.2) is 0 Å². The molecule has 1 rings (SSSR count). The Kier molecular flexibility index (Phi) is 4.29. The molecule has 1 saturated carbocycles. The Hall–Kier alpha value is 0.250. The van der Waals surface area contributed by atoms with Crippen LogP contribution < -0.4 is 0 Å². The van der Waals surface area contributed by atoms with Crippen LogP contribution in [0.3, 0.4) is 0 Å². The van der Waals surface area contributed by atoms with Gasteiger partial charge in [0.15, 0.2) is 0 Å². The fourth-order valence-corrected chi connectivity index (χ4v) is 1.08. The van der Waals surface area contributed by atoms with Crippen LogP contribution in [0.15, 0.2) is 0 Å². The Balaban J connectivity index is 0.000000490. The van der Waals surface area contributed by atoms with Gasteiger partial charge in [-0.2, -0.15) is 0 Å². The van der Waals surface area contributed by atoms with E-state index in [0.29, 0.717) is 0 Å². The molecule has 1 aliphatic rings. The molecule has 0 aliphatic heterocycles. The topological polar surface area (TPSA) is 20.2 Å². The van der Waals surface area contributed by atoms with Crippen molar-refractivity contribution in [3.05, 3.63) is 0 Å². The van der Waals surface area contributed by atoms with Crippen molar-refractivity contribution in [1.82, 2.24) is 0 Å². The summed E-state index contributed by atoms with van der Waals surface area (Å²) in [7, 11) is 0. The van der Waals surface area contributed by atoms with E-state index in [9.17, 15) is 0 Å². The van der Waals surface area contributed by atoms with Crippen molar-refractivity contribution in [2.24, 2.45) is 0 Å². The zero-order chi connectivity index (χ0) is 5.11. The fraction of sp³-hybridized carbons (Fsp3) is 1.00. The first kappa shape index (κ1) is 8.25. The van der Waals surface area contributed by atoms with E-state index in [2.05, 4.69) is 0 Å². The average Bonchev–Trinajstić information content (AvgIpc) is 1.69. The predicted octanol–water partition coefficient (Wildman–Crippen LogP) is 1.73. The van der Waals surface area contributed by atoms with E-state index in [-0.39, 0.29) is 18.5 Å². The van der Waals surface area contributed by atoms with Gasteiger partial charge in [0.25, 0.3) is 0 Å². The second kappa shape index (κ2) is 4.16. The van der Waals surface area contributed by atoms with Gasteiger partial charge in [0.1, 0.15) is 0 Å². The zero-order valence-corrected chi connectivity index (χ0v) is 5.78. The highest BCUT2D eigenvalue weighted by molar-refractivity contribution is 5.85. The van der Waals surface area contributed by atoms with Gasteiger partial charge in [-0.3, -0.25) is 0 Å². The SMILES string of the molecule is Cl.OC1CCCCC1. The van der Waals surface area contributed by atoms with Crippen LogP contribution in [0.5, 0.6) is 0 Å². The molecule has 0 heterocycles. The summed E-state index contributed by atoms with van der Waals surface area (Å²) < 4.78 is 0. The van der Waals surface area contributed by atoms with Crippen LogP contribution in [0.25, 0.3) is 0 Å². The van der Waals surface area contributed by atoms with Crippen molar-refractivity contribution in [3.8, 4) is 0 Å². The largest absolute Gasteiger partial charge is 0.393 e. The maximum atomic E-state index is 8.91. The molecule has 1 nitrogen and oxygen atoms in total. The summed E-state index contributed by atoms with van der Waals surface area (Å²) in [5.41, 5.74) is 0. The van der Waals surface area contributed by atoms with E-state index < -0.39 is 0 Å². The molecule has 1 aliphatic carbocycles. The Bertz CT molecular complexity index is 50.5. The third-order valence-corrected chi connectivity index (χ3v) is 1.57. The highest BCUT2D eigenvalue weighted by Crippen LogP contribution is 2.16. The fourth-order valence-electron chi connectivity index (χ4n) is 1.08. The minimum atomic E-state index is 0. The minimum absolute atomic E-state index is 0. The molecule has 0 radical (unpaired) electrons. The smallest absolute Gasteiger partial charge is 0.0540 e. The highest BCUT2D eigenvalue weighted by atomic mass is 35.5. The van der Waals surface area contributed by atoms with Crippen molar-refractivity contribution < 1.29 is 5.11 Å². The van der Waals surface area contributed by atoms with Crippen molar-refractivity contribution in [1.29, 1.82) is 0 Å². The van der Waals surface area contributed by atoms with Gasteiger partial charge in [-0.1, -0.05) is 19.3 Å². The number of rotatable bonds is 0. The Labute approximate surface area is 56.5 Å². The monoisotopic (exact) mass is 136 g/mol. The summed E-state index contributed by atoms with van der Waals surface area (Å²) in [5, 5.41) is 8.91. The maximum Gasteiger partial charge on any atom is 0.0540 e. The van der Waals surface area contributed by atoms with Gasteiger partial charge in [0.2, 0.25) is 0 Å². The molecule has 0 atom stereocenters. The third-order valence-electron chi connectivity index (χ3n) is 1.57. The predicted molar refractivity (Wildman–Crippen MR) is 36.3 cm³/mol. The van der Waals surface area contributed by atoms with Crippen LogP contribution in [-0.2, 0) is 0 Å². The van der Waals surface area contributed by atoms with E-state index in [4.69, 9.17) is 5.11 Å². The molecule has 50 valence electrons. The normalized spacial score (nSPS) is 22.1. The molecule has 0 unspecified atom stereocenters. The summed E-state index contributed by atoms with van der Waals surface area (Å²) in [6.45, 7) is 0. The molecule has 0 aromatic carbocycles. The van der Waals surface area contributed by atoms with E-state index >= 15 is 0 Å². The first-order chi connectivity index (χ1) is 3.39. The van der Waals surface area contributed by atoms with Crippen molar-refractivity contribution in [2.75, 3.05) is 0 Å². The molecule has 0 saturated heterocycles. The number of aliphatic hydroxyl groups is 1. The van der Waals surface area contributed by atoms with Gasteiger partial charge in [-0.05, 0) is 12.8 Å². The lowest BCUT2D eigenvalue weighted by atomic mass is 9.98. The van der Waals surface area contributed by atoms with Gasteiger partial charge in [0, 0.05) is 0 Å². The second-order valence-electron chi connectivity index (χ2n) is 2.29. The quantitative estimate of drug-likeness (QED) is 0.538. The molecule has 1 N–H and O–H groups in total. The van der Waals surface area contributed by atoms with Gasteiger partial charge in [-0.15, -0.1) is 12.4 Å². The first-order valence-electron chi connectivity index (χ1n) is 3.07. The van der Waals surface area contributed by atoms with E-state index in [1.54, 1.807) is 0 Å². The third kappa shape index (κ3) is 2.53. The van der Waals surface area contributed by atoms with Crippen LogP contribution in [-0.4, -0.2) is 11.2 Å². The van der Waals surface area contributed by atoms with Gasteiger partial charge in [0.05, 0.1) is 6.10 Å². The van der Waals surface area contributed by atoms with E-state index in [1.165, 1.54) is 19.3 Å². The highest BCUT2D eigenvalue weighted by Gasteiger charge is 2.07. The van der Waals surface area contributed by atoms with Gasteiger partial charge >= 0.3 is 0 Å². The molecule has 0 amide bonds. The Morgan fingerprint density at radius 3 is 1.75 bits per heavy atom. The van der Waals surface area contributed by atoms with Crippen molar-refractivity contribution in [2.45, 2.75) is 38.2 Å². The molecule has 1 fully saturated rings. The van der Waals surface area contributed by atoms with Crippen molar-refractivity contribution in [3.63, 3.8) is 0 Å². The second-order valence-corrected chi connectivity index (χ2v) is 2.29. The lowest BCUT2D eigenvalue weighted by Crippen LogP contribution is -2.09. The Morgan fingerprint density at radius 1 is 1.00 bits per heavy atom. The first-order valence-corrected chi connectivity index (χ1v) is 3.07. The molecule has 0 aromatic heterocycles. The molecule has 0 aromatic rings. The van der Waals surface area contributed by atoms with Gasteiger partial charge < -0.3 is 5.11 Å². The van der Waals surface area contributed by atoms with E-state index in [0.717, 1.165) is 12.8 Å². The van der Waals surface area contributed by atoms with Crippen molar-refractivity contribution >= 4 is 12.4 Å². The molecular formula is C6H13ClO. The van der Waals surface area contributed by atoms with Crippen LogP contribution >= 0.6 is 12.4 Å². The van der Waals surface area contributed by atoms with Crippen LogP contribution in [0.4, 0.5) is 0 Å². The number of halogens is 1. The molecule has 0 bridgehead atoms. The maximum absolute atomic E-state index is 8.91. The standard InChI is InChI=1S/C6H12O.ClH/c7-6-4-2-1-3-5-6;/h6-7H,1-5H2;1H. The van der Waals surface area contributed by atoms with Crippen LogP contribution in [0, 0.1) is 0 Å². The number of hydrogen-bond acceptors (Lipinski definition) is 1. The lowest BCUT2D eigenvalue weighted by molar-refractivity contribution is 0.130. The van der Waals surface area contributed by atoms with E-state index in [1.807, 2.05) is 0 Å². The molecular weight excluding hydrogens is 124 g/mol. The molecule has 2 heteroatoms. The molecule has 8 heavy (non-hydrogen) atoms. The summed E-state index contributed by atoms with van der Waals surface area (Å²) in [6.07, 6.45) is 5.92. The summed E-state index contributed by atoms with van der Waals surface area (Å²) in [4.78, 5) is 0. The average molecular weight is 137 g/mol. The Morgan fingerprint density at radius 2 is 1.50 bits per heavy atom. The number of aliphatic hydroxyl groups excluding tert-OH is 1. The van der Waals surface area contributed by atoms with Crippen LogP contribution in [0.2, 0.25) is 0 Å². The molecule has 0 spiro atoms.